The summed E-state index contributed by atoms with van der Waals surface area (Å²) in [5, 5.41) is 0. The Balaban J connectivity index is 1.46. The van der Waals surface area contributed by atoms with Gasteiger partial charge >= 0.3 is 6.18 Å². The summed E-state index contributed by atoms with van der Waals surface area (Å²) in [5.41, 5.74) is 1.66. The minimum Gasteiger partial charge on any atom is -0.371 e. The number of piperidine rings is 1. The molecule has 0 saturated carbocycles. The first-order valence-corrected chi connectivity index (χ1v) is 8.33. The Bertz CT molecular complexity index is 567. The van der Waals surface area contributed by atoms with E-state index >= 15 is 0 Å². The molecule has 1 aromatic carbocycles. The van der Waals surface area contributed by atoms with Crippen LogP contribution in [0.2, 0.25) is 0 Å². The summed E-state index contributed by atoms with van der Waals surface area (Å²) in [4.78, 5) is 2.14. The molecule has 2 saturated heterocycles. The molecular formula is C18H22F3NO2. The second-order valence-electron chi connectivity index (χ2n) is 6.24. The van der Waals surface area contributed by atoms with Crippen LogP contribution in [0.3, 0.4) is 0 Å². The molecule has 0 amide bonds. The molecule has 0 aliphatic carbocycles. The van der Waals surface area contributed by atoms with Crippen molar-refractivity contribution in [3.63, 3.8) is 0 Å². The zero-order valence-electron chi connectivity index (χ0n) is 13.7. The molecule has 3 nitrogen and oxygen atoms in total. The first-order valence-electron chi connectivity index (χ1n) is 8.33. The average Bonchev–Trinajstić information content (AvgIpc) is 2.53. The zero-order valence-corrected chi connectivity index (χ0v) is 13.7. The number of anilines is 1. The van der Waals surface area contributed by atoms with E-state index in [0.717, 1.165) is 56.6 Å². The fraction of sp³-hybridized carbons (Fsp3) is 0.556. The molecule has 0 atom stereocenters. The van der Waals surface area contributed by atoms with E-state index in [2.05, 4.69) is 11.0 Å². The summed E-state index contributed by atoms with van der Waals surface area (Å²) in [6, 6.07) is 5.43. The standard InChI is InChI=1S/C18H22F3NO2/c1-13-23-17(24-13)4-2-3-14-9-11-22(12-10-14)16-7-5-15(6-8-16)18(19,20)21/h3,5-8,13,17H,2,4,9-12H2,1H3. The van der Waals surface area contributed by atoms with Crippen LogP contribution in [0.1, 0.15) is 38.2 Å². The van der Waals surface area contributed by atoms with Gasteiger partial charge in [0.25, 0.3) is 0 Å². The van der Waals surface area contributed by atoms with Gasteiger partial charge in [-0.2, -0.15) is 13.2 Å². The number of hydrogen-bond acceptors (Lipinski definition) is 3. The number of alkyl halides is 3. The lowest BCUT2D eigenvalue weighted by Gasteiger charge is -2.33. The molecular weight excluding hydrogens is 319 g/mol. The van der Waals surface area contributed by atoms with E-state index < -0.39 is 11.7 Å². The van der Waals surface area contributed by atoms with Crippen LogP contribution in [-0.2, 0) is 15.7 Å². The fourth-order valence-corrected chi connectivity index (χ4v) is 3.11. The van der Waals surface area contributed by atoms with Gasteiger partial charge in [-0.3, -0.25) is 0 Å². The average molecular weight is 341 g/mol. The van der Waals surface area contributed by atoms with Crippen LogP contribution in [-0.4, -0.2) is 25.7 Å². The molecule has 2 heterocycles. The van der Waals surface area contributed by atoms with Gasteiger partial charge < -0.3 is 14.4 Å². The number of allylic oxidation sites excluding steroid dienone is 1. The minimum absolute atomic E-state index is 0.0657. The molecule has 0 N–H and O–H groups in total. The van der Waals surface area contributed by atoms with Crippen molar-refractivity contribution in [1.82, 2.24) is 0 Å². The largest absolute Gasteiger partial charge is 0.416 e. The monoisotopic (exact) mass is 341 g/mol. The Labute approximate surface area is 140 Å². The Morgan fingerprint density at radius 2 is 1.75 bits per heavy atom. The number of ether oxygens (including phenoxy) is 2. The van der Waals surface area contributed by atoms with Gasteiger partial charge in [-0.25, -0.2) is 0 Å². The summed E-state index contributed by atoms with van der Waals surface area (Å²) in [5.74, 6) is 0. The molecule has 0 spiro atoms. The molecule has 3 rings (SSSR count). The second-order valence-corrected chi connectivity index (χ2v) is 6.24. The summed E-state index contributed by atoms with van der Waals surface area (Å²) in [7, 11) is 0. The normalized spacial score (nSPS) is 24.7. The Morgan fingerprint density at radius 3 is 2.29 bits per heavy atom. The van der Waals surface area contributed by atoms with Crippen LogP contribution in [0.25, 0.3) is 0 Å². The van der Waals surface area contributed by atoms with Gasteiger partial charge in [-0.15, -0.1) is 0 Å². The summed E-state index contributed by atoms with van der Waals surface area (Å²) >= 11 is 0. The fourth-order valence-electron chi connectivity index (χ4n) is 3.11. The van der Waals surface area contributed by atoms with Crippen LogP contribution in [0, 0.1) is 0 Å². The van der Waals surface area contributed by atoms with E-state index in [9.17, 15) is 13.2 Å². The van der Waals surface area contributed by atoms with Gasteiger partial charge in [-0.05, 0) is 50.5 Å². The van der Waals surface area contributed by atoms with Crippen LogP contribution < -0.4 is 4.90 Å². The molecule has 2 aliphatic heterocycles. The van der Waals surface area contributed by atoms with E-state index in [1.165, 1.54) is 5.57 Å². The molecule has 2 fully saturated rings. The predicted molar refractivity (Wildman–Crippen MR) is 85.6 cm³/mol. The van der Waals surface area contributed by atoms with Gasteiger partial charge in [0.05, 0.1) is 5.56 Å². The van der Waals surface area contributed by atoms with Gasteiger partial charge in [0.1, 0.15) is 0 Å². The molecule has 0 aromatic heterocycles. The highest BCUT2D eigenvalue weighted by molar-refractivity contribution is 5.49. The van der Waals surface area contributed by atoms with E-state index in [-0.39, 0.29) is 12.6 Å². The van der Waals surface area contributed by atoms with Gasteiger partial charge in [-0.1, -0.05) is 11.6 Å². The summed E-state index contributed by atoms with van der Waals surface area (Å²) < 4.78 is 48.6. The molecule has 0 radical (unpaired) electrons. The first-order chi connectivity index (χ1) is 11.4. The Morgan fingerprint density at radius 1 is 1.12 bits per heavy atom. The summed E-state index contributed by atoms with van der Waals surface area (Å²) in [6.45, 7) is 3.56. The predicted octanol–water partition coefficient (Wildman–Crippen LogP) is 4.73. The lowest BCUT2D eigenvalue weighted by atomic mass is 10.0. The molecule has 6 heteroatoms. The van der Waals surface area contributed by atoms with Crippen molar-refractivity contribution in [2.24, 2.45) is 0 Å². The molecule has 0 unspecified atom stereocenters. The lowest BCUT2D eigenvalue weighted by Crippen LogP contribution is -2.38. The van der Waals surface area contributed by atoms with Crippen molar-refractivity contribution in [2.75, 3.05) is 18.0 Å². The van der Waals surface area contributed by atoms with E-state index in [0.29, 0.717) is 0 Å². The number of benzene rings is 1. The Hall–Kier alpha value is -1.53. The molecule has 24 heavy (non-hydrogen) atoms. The van der Waals surface area contributed by atoms with Gasteiger partial charge in [0, 0.05) is 25.2 Å². The number of hydrogen-bond donors (Lipinski definition) is 0. The van der Waals surface area contributed by atoms with Crippen molar-refractivity contribution < 1.29 is 22.6 Å². The molecule has 1 aromatic rings. The minimum atomic E-state index is -4.28. The van der Waals surface area contributed by atoms with Gasteiger partial charge in [0.2, 0.25) is 0 Å². The SMILES string of the molecule is CC1OC(CCC=C2CCN(c3ccc(C(F)(F)F)cc3)CC2)O1. The number of halogens is 3. The smallest absolute Gasteiger partial charge is 0.371 e. The third-order valence-corrected chi connectivity index (χ3v) is 4.49. The van der Waals surface area contributed by atoms with Crippen molar-refractivity contribution in [1.29, 1.82) is 0 Å². The lowest BCUT2D eigenvalue weighted by molar-refractivity contribution is -0.376. The highest BCUT2D eigenvalue weighted by Crippen LogP contribution is 2.31. The van der Waals surface area contributed by atoms with Gasteiger partial charge in [0.15, 0.2) is 12.6 Å². The van der Waals surface area contributed by atoms with Crippen LogP contribution >= 0.6 is 0 Å². The third-order valence-electron chi connectivity index (χ3n) is 4.49. The van der Waals surface area contributed by atoms with Crippen LogP contribution in [0.4, 0.5) is 18.9 Å². The number of nitrogens with zero attached hydrogens (tertiary/aromatic N) is 1. The zero-order chi connectivity index (χ0) is 17.2. The molecule has 132 valence electrons. The quantitative estimate of drug-likeness (QED) is 0.739. The first kappa shape index (κ1) is 17.3. The van der Waals surface area contributed by atoms with Crippen molar-refractivity contribution in [2.45, 2.75) is 51.4 Å². The molecule has 0 bridgehead atoms. The Kier molecular flexibility index (Phi) is 5.15. The maximum atomic E-state index is 12.6. The van der Waals surface area contributed by atoms with E-state index in [4.69, 9.17) is 9.47 Å². The highest BCUT2D eigenvalue weighted by Gasteiger charge is 2.30. The van der Waals surface area contributed by atoms with E-state index in [1.807, 2.05) is 6.92 Å². The van der Waals surface area contributed by atoms with Crippen LogP contribution in [0.5, 0.6) is 0 Å². The molecule has 2 aliphatic rings. The van der Waals surface area contributed by atoms with Crippen molar-refractivity contribution in [3.05, 3.63) is 41.5 Å². The third kappa shape index (κ3) is 4.30. The number of rotatable bonds is 4. The maximum absolute atomic E-state index is 12.6. The van der Waals surface area contributed by atoms with Crippen LogP contribution in [0.15, 0.2) is 35.9 Å². The second kappa shape index (κ2) is 7.15. The van der Waals surface area contributed by atoms with E-state index in [1.54, 1.807) is 12.1 Å². The van der Waals surface area contributed by atoms with Crippen molar-refractivity contribution >= 4 is 5.69 Å². The summed E-state index contributed by atoms with van der Waals surface area (Å²) in [6.07, 6.45) is 1.54. The highest BCUT2D eigenvalue weighted by atomic mass is 19.4. The topological polar surface area (TPSA) is 21.7 Å². The maximum Gasteiger partial charge on any atom is 0.416 e. The van der Waals surface area contributed by atoms with Crippen molar-refractivity contribution in [3.8, 4) is 0 Å².